The molecule has 37 heavy (non-hydrogen) atoms. The van der Waals surface area contributed by atoms with Crippen molar-refractivity contribution in [3.05, 3.63) is 101 Å². The minimum Gasteiger partial charge on any atom is -0.481 e. The molecule has 1 aliphatic rings. The van der Waals surface area contributed by atoms with E-state index in [1.165, 1.54) is 18.6 Å². The standard InChI is InChI=1S/C31H35FN2O3/c1-23-16-18-25(19-17-23)21-34(30(35)22-37-29-15-9-8-14-27(29)32)28(20-24-10-4-2-5-11-24)31(36)33-26-12-6-3-7-13-26/h2,4-5,8-11,14-19,26,28H,3,6-7,12-13,20-22H2,1H3,(H,33,36)/t28-/m1/s1. The highest BCUT2D eigenvalue weighted by Crippen LogP contribution is 2.21. The van der Waals surface area contributed by atoms with Gasteiger partial charge in [-0.3, -0.25) is 9.59 Å². The molecule has 2 amide bonds. The van der Waals surface area contributed by atoms with E-state index in [1.807, 2.05) is 61.5 Å². The zero-order valence-electron chi connectivity index (χ0n) is 21.4. The molecule has 0 spiro atoms. The highest BCUT2D eigenvalue weighted by atomic mass is 19.1. The quantitative estimate of drug-likeness (QED) is 0.393. The van der Waals surface area contributed by atoms with Crippen LogP contribution in [0.4, 0.5) is 4.39 Å². The summed E-state index contributed by atoms with van der Waals surface area (Å²) >= 11 is 0. The highest BCUT2D eigenvalue weighted by Gasteiger charge is 2.32. The van der Waals surface area contributed by atoms with Crippen molar-refractivity contribution >= 4 is 11.8 Å². The molecule has 3 aromatic carbocycles. The van der Waals surface area contributed by atoms with Crippen molar-refractivity contribution < 1.29 is 18.7 Å². The number of para-hydroxylation sites is 1. The van der Waals surface area contributed by atoms with Gasteiger partial charge in [0.2, 0.25) is 5.91 Å². The number of nitrogens with one attached hydrogen (secondary N) is 1. The number of aryl methyl sites for hydroxylation is 1. The summed E-state index contributed by atoms with van der Waals surface area (Å²) in [6.45, 7) is 1.88. The molecule has 0 bridgehead atoms. The van der Waals surface area contributed by atoms with Crippen molar-refractivity contribution in [2.45, 2.75) is 64.1 Å². The number of halogens is 1. The summed E-state index contributed by atoms with van der Waals surface area (Å²) in [5.41, 5.74) is 2.98. The average Bonchev–Trinajstić information content (AvgIpc) is 2.92. The first kappa shape index (κ1) is 26.4. The smallest absolute Gasteiger partial charge is 0.261 e. The molecular weight excluding hydrogens is 467 g/mol. The van der Waals surface area contributed by atoms with Crippen LogP contribution < -0.4 is 10.1 Å². The SMILES string of the molecule is Cc1ccc(CN(C(=O)COc2ccccc2F)[C@H](Cc2ccccc2)C(=O)NC2CCCCC2)cc1. The van der Waals surface area contributed by atoms with E-state index in [9.17, 15) is 14.0 Å². The Morgan fingerprint density at radius 2 is 1.59 bits per heavy atom. The molecule has 0 radical (unpaired) electrons. The van der Waals surface area contributed by atoms with E-state index < -0.39 is 11.9 Å². The number of carbonyl (C=O) groups is 2. The summed E-state index contributed by atoms with van der Waals surface area (Å²) in [6.07, 6.45) is 5.65. The lowest BCUT2D eigenvalue weighted by Gasteiger charge is -2.33. The zero-order chi connectivity index (χ0) is 26.0. The maximum absolute atomic E-state index is 14.1. The van der Waals surface area contributed by atoms with Gasteiger partial charge in [0.05, 0.1) is 0 Å². The van der Waals surface area contributed by atoms with Gasteiger partial charge in [0.1, 0.15) is 6.04 Å². The van der Waals surface area contributed by atoms with E-state index in [0.29, 0.717) is 6.42 Å². The molecule has 0 saturated heterocycles. The molecular formula is C31H35FN2O3. The number of benzene rings is 3. The van der Waals surface area contributed by atoms with Gasteiger partial charge in [-0.25, -0.2) is 4.39 Å². The van der Waals surface area contributed by atoms with Gasteiger partial charge >= 0.3 is 0 Å². The fourth-order valence-electron chi connectivity index (χ4n) is 4.77. The van der Waals surface area contributed by atoms with Gasteiger partial charge in [-0.1, -0.05) is 91.6 Å². The van der Waals surface area contributed by atoms with Crippen LogP contribution in [-0.4, -0.2) is 35.4 Å². The Balaban J connectivity index is 1.61. The van der Waals surface area contributed by atoms with Crippen LogP contribution in [-0.2, 0) is 22.6 Å². The van der Waals surface area contributed by atoms with Crippen LogP contribution in [0.1, 0.15) is 48.8 Å². The molecule has 1 atom stereocenters. The van der Waals surface area contributed by atoms with Crippen molar-refractivity contribution in [1.82, 2.24) is 10.2 Å². The van der Waals surface area contributed by atoms with E-state index in [2.05, 4.69) is 5.32 Å². The number of amides is 2. The second-order valence-corrected chi connectivity index (χ2v) is 9.78. The van der Waals surface area contributed by atoms with Crippen LogP contribution >= 0.6 is 0 Å². The van der Waals surface area contributed by atoms with Crippen molar-refractivity contribution in [2.75, 3.05) is 6.61 Å². The third-order valence-corrected chi connectivity index (χ3v) is 6.88. The predicted molar refractivity (Wildman–Crippen MR) is 143 cm³/mol. The molecule has 4 rings (SSSR count). The Kier molecular flexibility index (Phi) is 9.30. The molecule has 194 valence electrons. The van der Waals surface area contributed by atoms with Gasteiger partial charge in [-0.2, -0.15) is 0 Å². The molecule has 3 aromatic rings. The third kappa shape index (κ3) is 7.66. The highest BCUT2D eigenvalue weighted by molar-refractivity contribution is 5.88. The van der Waals surface area contributed by atoms with E-state index in [0.717, 1.165) is 42.4 Å². The fourth-order valence-corrected chi connectivity index (χ4v) is 4.77. The summed E-state index contributed by atoms with van der Waals surface area (Å²) in [7, 11) is 0. The molecule has 1 saturated carbocycles. The van der Waals surface area contributed by atoms with E-state index in [4.69, 9.17) is 4.74 Å². The number of ether oxygens (including phenoxy) is 1. The number of hydrogen-bond donors (Lipinski definition) is 1. The molecule has 1 N–H and O–H groups in total. The van der Waals surface area contributed by atoms with Crippen molar-refractivity contribution in [3.8, 4) is 5.75 Å². The molecule has 1 fully saturated rings. The normalized spacial score (nSPS) is 14.5. The summed E-state index contributed by atoms with van der Waals surface area (Å²) in [5.74, 6) is -1.06. The second kappa shape index (κ2) is 13.0. The summed E-state index contributed by atoms with van der Waals surface area (Å²) in [5, 5.41) is 3.22. The molecule has 0 aromatic heterocycles. The lowest BCUT2D eigenvalue weighted by molar-refractivity contribution is -0.143. The number of carbonyl (C=O) groups excluding carboxylic acids is 2. The van der Waals surface area contributed by atoms with Gasteiger partial charge in [-0.15, -0.1) is 0 Å². The Labute approximate surface area is 218 Å². The van der Waals surface area contributed by atoms with Crippen LogP contribution in [0, 0.1) is 12.7 Å². The van der Waals surface area contributed by atoms with Gasteiger partial charge in [0.15, 0.2) is 18.2 Å². The van der Waals surface area contributed by atoms with Gasteiger partial charge in [0, 0.05) is 19.0 Å². The van der Waals surface area contributed by atoms with Crippen LogP contribution in [0.25, 0.3) is 0 Å². The number of nitrogens with zero attached hydrogens (tertiary/aromatic N) is 1. The van der Waals surface area contributed by atoms with Gasteiger partial charge in [0.25, 0.3) is 5.91 Å². The Morgan fingerprint density at radius 1 is 0.919 bits per heavy atom. The van der Waals surface area contributed by atoms with Crippen LogP contribution in [0.15, 0.2) is 78.9 Å². The van der Waals surface area contributed by atoms with Gasteiger partial charge in [-0.05, 0) is 43.0 Å². The molecule has 0 unspecified atom stereocenters. The Morgan fingerprint density at radius 3 is 2.30 bits per heavy atom. The van der Waals surface area contributed by atoms with Crippen LogP contribution in [0.3, 0.4) is 0 Å². The first-order valence-electron chi connectivity index (χ1n) is 13.1. The van der Waals surface area contributed by atoms with Crippen molar-refractivity contribution in [3.63, 3.8) is 0 Å². The summed E-state index contributed by atoms with van der Waals surface area (Å²) < 4.78 is 19.7. The molecule has 0 aliphatic heterocycles. The maximum Gasteiger partial charge on any atom is 0.261 e. The summed E-state index contributed by atoms with van der Waals surface area (Å²) in [6, 6.07) is 23.0. The number of rotatable bonds is 10. The molecule has 6 heteroatoms. The molecule has 5 nitrogen and oxygen atoms in total. The van der Waals surface area contributed by atoms with E-state index >= 15 is 0 Å². The largest absolute Gasteiger partial charge is 0.481 e. The van der Waals surface area contributed by atoms with E-state index in [1.54, 1.807) is 17.0 Å². The van der Waals surface area contributed by atoms with Crippen molar-refractivity contribution in [1.29, 1.82) is 0 Å². The van der Waals surface area contributed by atoms with Gasteiger partial charge < -0.3 is 15.0 Å². The predicted octanol–water partition coefficient (Wildman–Crippen LogP) is 5.60. The first-order valence-corrected chi connectivity index (χ1v) is 13.1. The molecule has 0 heterocycles. The first-order chi connectivity index (χ1) is 18.0. The lowest BCUT2D eigenvalue weighted by atomic mass is 9.94. The fraction of sp³-hybridized carbons (Fsp3) is 0.355. The van der Waals surface area contributed by atoms with Crippen LogP contribution in [0.5, 0.6) is 5.75 Å². The van der Waals surface area contributed by atoms with E-state index in [-0.39, 0.29) is 36.8 Å². The zero-order valence-corrected chi connectivity index (χ0v) is 21.4. The monoisotopic (exact) mass is 502 g/mol. The maximum atomic E-state index is 14.1. The third-order valence-electron chi connectivity index (χ3n) is 6.88. The minimum absolute atomic E-state index is 0.0115. The topological polar surface area (TPSA) is 58.6 Å². The van der Waals surface area contributed by atoms with Crippen LogP contribution in [0.2, 0.25) is 0 Å². The summed E-state index contributed by atoms with van der Waals surface area (Å²) in [4.78, 5) is 28.9. The van der Waals surface area contributed by atoms with Crippen molar-refractivity contribution in [2.24, 2.45) is 0 Å². The lowest BCUT2D eigenvalue weighted by Crippen LogP contribution is -2.53. The minimum atomic E-state index is -0.734. The second-order valence-electron chi connectivity index (χ2n) is 9.78. The Hall–Kier alpha value is -3.67. The Bertz CT molecular complexity index is 1160. The number of hydrogen-bond acceptors (Lipinski definition) is 3. The molecule has 1 aliphatic carbocycles. The average molecular weight is 503 g/mol.